The minimum absolute atomic E-state index is 0.0139. The summed E-state index contributed by atoms with van der Waals surface area (Å²) in [4.78, 5) is 13.7. The van der Waals surface area contributed by atoms with Crippen LogP contribution in [0.15, 0.2) is 47.4 Å². The summed E-state index contributed by atoms with van der Waals surface area (Å²) in [6, 6.07) is 12.2. The van der Waals surface area contributed by atoms with Crippen LogP contribution in [0, 0.1) is 0 Å². The summed E-state index contributed by atoms with van der Waals surface area (Å²) in [5.74, 6) is -1.16. The van der Waals surface area contributed by atoms with Crippen LogP contribution in [0.3, 0.4) is 0 Å². The van der Waals surface area contributed by atoms with Gasteiger partial charge in [0.15, 0.2) is 0 Å². The highest BCUT2D eigenvalue weighted by atomic mass is 32.2. The molecule has 1 atom stereocenters. The monoisotopic (exact) mass is 418 g/mol. The van der Waals surface area contributed by atoms with E-state index < -0.39 is 16.0 Å². The van der Waals surface area contributed by atoms with Gasteiger partial charge in [0.2, 0.25) is 10.0 Å². The highest BCUT2D eigenvalue weighted by Gasteiger charge is 2.27. The van der Waals surface area contributed by atoms with Gasteiger partial charge in [-0.2, -0.15) is 4.31 Å². The van der Waals surface area contributed by atoms with Crippen molar-refractivity contribution >= 4 is 16.0 Å². The zero-order valence-corrected chi connectivity index (χ0v) is 17.6. The van der Waals surface area contributed by atoms with Gasteiger partial charge in [-0.25, -0.2) is 13.2 Å². The lowest BCUT2D eigenvalue weighted by Crippen LogP contribution is -2.40. The highest BCUT2D eigenvalue weighted by Crippen LogP contribution is 2.28. The predicted octanol–water partition coefficient (Wildman–Crippen LogP) is 2.70. The SMILES string of the molecule is C[C@H](c1ccc(-c2cc(C(=O)O)cc(S(=O)(=O)N3CCOCC3)c2)cc1)N(C)C. The van der Waals surface area contributed by atoms with Crippen LogP contribution < -0.4 is 0 Å². The topological polar surface area (TPSA) is 87.1 Å². The number of aromatic carboxylic acids is 1. The van der Waals surface area contributed by atoms with Gasteiger partial charge in [-0.1, -0.05) is 24.3 Å². The third-order valence-electron chi connectivity index (χ3n) is 5.26. The number of rotatable bonds is 6. The zero-order valence-electron chi connectivity index (χ0n) is 16.8. The quantitative estimate of drug-likeness (QED) is 0.776. The number of morpholine rings is 1. The molecular weight excluding hydrogens is 392 g/mol. The van der Waals surface area contributed by atoms with Gasteiger partial charge in [0.05, 0.1) is 23.7 Å². The summed E-state index contributed by atoms with van der Waals surface area (Å²) < 4.78 is 32.6. The lowest BCUT2D eigenvalue weighted by Gasteiger charge is -2.26. The molecule has 1 saturated heterocycles. The molecule has 0 amide bonds. The van der Waals surface area contributed by atoms with Gasteiger partial charge in [0, 0.05) is 19.1 Å². The number of carboxylic acids is 1. The third kappa shape index (κ3) is 4.67. The number of hydrogen-bond acceptors (Lipinski definition) is 5. The minimum Gasteiger partial charge on any atom is -0.478 e. The van der Waals surface area contributed by atoms with Crippen LogP contribution in [0.25, 0.3) is 11.1 Å². The summed E-state index contributed by atoms with van der Waals surface area (Å²) >= 11 is 0. The van der Waals surface area contributed by atoms with Crippen LogP contribution in [0.5, 0.6) is 0 Å². The van der Waals surface area contributed by atoms with E-state index in [0.29, 0.717) is 18.8 Å². The molecule has 8 heteroatoms. The Morgan fingerprint density at radius 1 is 1.07 bits per heavy atom. The molecule has 1 aliphatic heterocycles. The van der Waals surface area contributed by atoms with Gasteiger partial charge in [-0.05, 0) is 55.9 Å². The van der Waals surface area contributed by atoms with Crippen molar-refractivity contribution in [2.45, 2.75) is 17.9 Å². The first kappa shape index (κ1) is 21.4. The Kier molecular flexibility index (Phi) is 6.38. The number of carbonyl (C=O) groups is 1. The molecule has 7 nitrogen and oxygen atoms in total. The van der Waals surface area contributed by atoms with E-state index in [0.717, 1.165) is 11.1 Å². The van der Waals surface area contributed by atoms with E-state index in [1.807, 2.05) is 38.4 Å². The molecule has 1 N–H and O–H groups in total. The second-order valence-corrected chi connectivity index (χ2v) is 9.27. The number of sulfonamides is 1. The fourth-order valence-corrected chi connectivity index (χ4v) is 4.71. The number of nitrogens with zero attached hydrogens (tertiary/aromatic N) is 2. The van der Waals surface area contributed by atoms with Crippen molar-refractivity contribution in [2.24, 2.45) is 0 Å². The molecule has 0 spiro atoms. The average Bonchev–Trinajstić information content (AvgIpc) is 2.73. The molecule has 0 aliphatic carbocycles. The Balaban J connectivity index is 2.02. The second kappa shape index (κ2) is 8.62. The van der Waals surface area contributed by atoms with Gasteiger partial charge >= 0.3 is 5.97 Å². The molecule has 2 aromatic carbocycles. The molecule has 3 rings (SSSR count). The van der Waals surface area contributed by atoms with Crippen LogP contribution in [0.1, 0.15) is 28.9 Å². The van der Waals surface area contributed by atoms with Crippen LogP contribution in [0.4, 0.5) is 0 Å². The van der Waals surface area contributed by atoms with Gasteiger partial charge in [0.25, 0.3) is 0 Å². The average molecular weight is 419 g/mol. The van der Waals surface area contributed by atoms with Crippen LogP contribution in [-0.2, 0) is 14.8 Å². The molecule has 0 aromatic heterocycles. The van der Waals surface area contributed by atoms with Gasteiger partial charge in [-0.15, -0.1) is 0 Å². The smallest absolute Gasteiger partial charge is 0.335 e. The van der Waals surface area contributed by atoms with Gasteiger partial charge < -0.3 is 14.7 Å². The van der Waals surface area contributed by atoms with E-state index in [9.17, 15) is 18.3 Å². The Morgan fingerprint density at radius 2 is 1.69 bits per heavy atom. The molecule has 1 fully saturated rings. The fraction of sp³-hybridized carbons (Fsp3) is 0.381. The van der Waals surface area contributed by atoms with Crippen molar-refractivity contribution in [3.05, 3.63) is 53.6 Å². The molecule has 0 bridgehead atoms. The van der Waals surface area contributed by atoms with Crippen molar-refractivity contribution in [3.8, 4) is 11.1 Å². The Bertz CT molecular complexity index is 981. The second-order valence-electron chi connectivity index (χ2n) is 7.33. The summed E-state index contributed by atoms with van der Waals surface area (Å²) in [6.45, 7) is 3.26. The maximum atomic E-state index is 13.0. The largest absolute Gasteiger partial charge is 0.478 e. The Labute approximate surface area is 171 Å². The maximum Gasteiger partial charge on any atom is 0.335 e. The van der Waals surface area contributed by atoms with Crippen LogP contribution in [-0.4, -0.2) is 69.1 Å². The standard InChI is InChI=1S/C21H26N2O5S/c1-15(22(2)3)16-4-6-17(7-5-16)18-12-19(21(24)25)14-20(13-18)29(26,27)23-8-10-28-11-9-23/h4-7,12-15H,8-11H2,1-3H3,(H,24,25)/t15-/m1/s1. The van der Waals surface area contributed by atoms with Crippen molar-refractivity contribution in [2.75, 3.05) is 40.4 Å². The van der Waals surface area contributed by atoms with E-state index in [-0.39, 0.29) is 29.6 Å². The lowest BCUT2D eigenvalue weighted by molar-refractivity contribution is 0.0696. The molecule has 0 saturated carbocycles. The number of ether oxygens (including phenoxy) is 1. The van der Waals surface area contributed by atoms with Crippen molar-refractivity contribution in [3.63, 3.8) is 0 Å². The minimum atomic E-state index is -3.80. The van der Waals surface area contributed by atoms with E-state index in [4.69, 9.17) is 4.74 Å². The Hall–Kier alpha value is -2.26. The highest BCUT2D eigenvalue weighted by molar-refractivity contribution is 7.89. The van der Waals surface area contributed by atoms with E-state index >= 15 is 0 Å². The number of hydrogen-bond donors (Lipinski definition) is 1. The van der Waals surface area contributed by atoms with E-state index in [2.05, 4.69) is 11.8 Å². The first-order valence-corrected chi connectivity index (χ1v) is 10.9. The van der Waals surface area contributed by atoms with E-state index in [1.165, 1.54) is 16.4 Å². The molecule has 0 radical (unpaired) electrons. The van der Waals surface area contributed by atoms with Crippen molar-refractivity contribution in [1.82, 2.24) is 9.21 Å². The Morgan fingerprint density at radius 3 is 2.24 bits per heavy atom. The molecule has 29 heavy (non-hydrogen) atoms. The van der Waals surface area contributed by atoms with Crippen molar-refractivity contribution in [1.29, 1.82) is 0 Å². The normalized spacial score (nSPS) is 16.7. The molecule has 156 valence electrons. The molecular formula is C21H26N2O5S. The zero-order chi connectivity index (χ0) is 21.2. The fourth-order valence-electron chi connectivity index (χ4n) is 3.23. The molecule has 1 aliphatic rings. The van der Waals surface area contributed by atoms with E-state index in [1.54, 1.807) is 6.07 Å². The maximum absolute atomic E-state index is 13.0. The predicted molar refractivity (Wildman–Crippen MR) is 111 cm³/mol. The molecule has 2 aromatic rings. The number of benzene rings is 2. The lowest BCUT2D eigenvalue weighted by atomic mass is 9.99. The van der Waals surface area contributed by atoms with Crippen LogP contribution in [0.2, 0.25) is 0 Å². The molecule has 1 heterocycles. The van der Waals surface area contributed by atoms with Crippen molar-refractivity contribution < 1.29 is 23.1 Å². The summed E-state index contributed by atoms with van der Waals surface area (Å²) in [6.07, 6.45) is 0. The van der Waals surface area contributed by atoms with Gasteiger partial charge in [-0.3, -0.25) is 0 Å². The summed E-state index contributed by atoms with van der Waals surface area (Å²) in [5, 5.41) is 9.50. The van der Waals surface area contributed by atoms with Gasteiger partial charge in [0.1, 0.15) is 0 Å². The third-order valence-corrected chi connectivity index (χ3v) is 7.14. The molecule has 0 unspecified atom stereocenters. The van der Waals surface area contributed by atoms with Crippen LogP contribution >= 0.6 is 0 Å². The number of carboxylic acid groups (broad SMARTS) is 1. The summed E-state index contributed by atoms with van der Waals surface area (Å²) in [5.41, 5.74) is 2.39. The summed E-state index contributed by atoms with van der Waals surface area (Å²) in [7, 11) is 0.197. The first-order valence-electron chi connectivity index (χ1n) is 9.43. The first-order chi connectivity index (χ1) is 13.7.